The number of rotatable bonds is 45. The van der Waals surface area contributed by atoms with Gasteiger partial charge in [0.2, 0.25) is 5.75 Å². The van der Waals surface area contributed by atoms with E-state index in [1.807, 2.05) is 114 Å². The Morgan fingerprint density at radius 2 is 0.676 bits per heavy atom. The number of phenols is 6. The molecule has 9 rings (SSSR count). The summed E-state index contributed by atoms with van der Waals surface area (Å²) in [6.07, 6.45) is -0.868. The monoisotopic (exact) mass is 2080 g/mol. The molecule has 1 unspecified atom stereocenters. The summed E-state index contributed by atoms with van der Waals surface area (Å²) in [5, 5.41) is 142. The van der Waals surface area contributed by atoms with Crippen molar-refractivity contribution < 1.29 is 158 Å². The molecule has 24 nitrogen and oxygen atoms in total. The van der Waals surface area contributed by atoms with Crippen LogP contribution in [0.1, 0.15) is 239 Å². The number of hydrogen-bond donors (Lipinski definition) is 15. The molecule has 8 atom stereocenters. The lowest BCUT2D eigenvalue weighted by Crippen LogP contribution is -2.06. The molecule has 796 valence electrons. The van der Waals surface area contributed by atoms with Gasteiger partial charge in [0, 0.05) is 29.5 Å². The smallest absolute Gasteiger partial charge is 0.203 e. The summed E-state index contributed by atoms with van der Waals surface area (Å²) in [6.45, 7) is 24.5. The Morgan fingerprint density at radius 3 is 1.04 bits per heavy atom. The standard InChI is InChI=1S/C13H17BrFNO.C13H19FO3.4C12H17FO3.C11H14F2O2.C11H15FO4.C11H15FO/c1-10(16)3-2-4-11-5-6-13(12(14)9-11)17-8-7-15;1-4-11(15)10-7-9(2)13(17-6-5-14)12(8-10)16-3;2*1-8(2)12(15)9-5-10(14)7-11(6-9)16-4-3-13;2*1-8(2)12(15)9-3-4-11(10(14)7-9)16-6-5-13;1-2-11(14)9-4-3-8(7-10(9)13)15-6-5-12;1-2-8(13)7-5-9(14)11(10(15)6-7)16-4-3-12;1-7(2)11(13)9-4-5-10(12)8(3)6-9/h5-6,9,16H,2-4,7-8H2,1H3;7-8,11,15H,4-6H2,1-3H3;2*5-8,12,14-15H,3-4H2,1-2H3;2*3-4,7-8,12,14-15H,5-6H2,1-2H3;3-4,7,11,14H,2,5-6H2,1H3;5-6,8,13-15H,2-4H2,1H3;4-7,11,13H,1-3H3/t;11-;4*12-;11-;8-;/m.0000000./s1. The molecular weight excluding hydrogens is 1940 g/mol. The van der Waals surface area contributed by atoms with E-state index in [2.05, 4.69) is 15.9 Å². The topological polar surface area (TPSA) is 390 Å². The first kappa shape index (κ1) is 129. The second-order valence-corrected chi connectivity index (χ2v) is 34.7. The number of hydrogen-bond acceptors (Lipinski definition) is 24. The van der Waals surface area contributed by atoms with Crippen LogP contribution in [0.5, 0.6) is 86.2 Å². The minimum Gasteiger partial charge on any atom is -0.508 e. The van der Waals surface area contributed by atoms with Crippen LogP contribution in [0.4, 0.5) is 43.9 Å². The van der Waals surface area contributed by atoms with Gasteiger partial charge in [-0.1, -0.05) is 120 Å². The largest absolute Gasteiger partial charge is 0.508 e. The molecule has 0 saturated carbocycles. The maximum Gasteiger partial charge on any atom is 0.203 e. The number of ether oxygens (including phenoxy) is 9. The molecule has 0 heterocycles. The van der Waals surface area contributed by atoms with Crippen LogP contribution < -0.4 is 42.6 Å². The summed E-state index contributed by atoms with van der Waals surface area (Å²) in [6, 6.07) is 39.1. The third kappa shape index (κ3) is 48.9. The zero-order valence-corrected chi connectivity index (χ0v) is 85.7. The molecule has 0 fully saturated rings. The Kier molecular flexibility index (Phi) is 65.1. The van der Waals surface area contributed by atoms with Gasteiger partial charge in [0.25, 0.3) is 0 Å². The highest BCUT2D eigenvalue weighted by molar-refractivity contribution is 9.10. The Morgan fingerprint density at radius 1 is 0.331 bits per heavy atom. The van der Waals surface area contributed by atoms with E-state index in [4.69, 9.17) is 48.0 Å². The Hall–Kier alpha value is -10.9. The number of nitrogens with one attached hydrogen (secondary N) is 1. The summed E-state index contributed by atoms with van der Waals surface area (Å²) in [7, 11) is 1.53. The van der Waals surface area contributed by atoms with Crippen LogP contribution in [-0.4, -0.2) is 191 Å². The summed E-state index contributed by atoms with van der Waals surface area (Å²) < 4.78 is 168. The first-order chi connectivity index (χ1) is 67.3. The molecule has 0 aromatic heterocycles. The number of benzene rings is 9. The fourth-order valence-corrected chi connectivity index (χ4v) is 13.1. The van der Waals surface area contributed by atoms with Crippen LogP contribution in [0.15, 0.2) is 156 Å². The number of aliphatic hydroxyl groups is 8. The van der Waals surface area contributed by atoms with Crippen molar-refractivity contribution in [2.45, 2.75) is 198 Å². The van der Waals surface area contributed by atoms with Gasteiger partial charge in [-0.15, -0.1) is 0 Å². The van der Waals surface area contributed by atoms with Crippen LogP contribution in [0, 0.1) is 60.5 Å². The van der Waals surface area contributed by atoms with Crippen molar-refractivity contribution in [1.82, 2.24) is 0 Å². The zero-order chi connectivity index (χ0) is 107. The number of aromatic hydroxyl groups is 6. The molecule has 0 aliphatic heterocycles. The van der Waals surface area contributed by atoms with Gasteiger partial charge in [-0.2, -0.15) is 0 Å². The first-order valence-corrected chi connectivity index (χ1v) is 47.5. The number of phenolic OH excluding ortho intramolecular Hbond substituents is 6. The highest BCUT2D eigenvalue weighted by Crippen LogP contribution is 2.42. The Bertz CT molecular complexity index is 4850. The predicted molar refractivity (Wildman–Crippen MR) is 534 cm³/mol. The second kappa shape index (κ2) is 71.5. The van der Waals surface area contributed by atoms with Gasteiger partial charge in [-0.25, -0.2) is 43.9 Å². The molecule has 142 heavy (non-hydrogen) atoms. The third-order valence-corrected chi connectivity index (χ3v) is 21.0. The number of halogens is 11. The van der Waals surface area contributed by atoms with Crippen molar-refractivity contribution in [1.29, 1.82) is 5.41 Å². The predicted octanol–water partition coefficient (Wildman–Crippen LogP) is 24.0. The Balaban J connectivity index is 0.000000799. The number of methoxy groups -OCH3 is 1. The van der Waals surface area contributed by atoms with Crippen molar-refractivity contribution in [3.8, 4) is 86.2 Å². The molecule has 15 N–H and O–H groups in total. The van der Waals surface area contributed by atoms with Crippen molar-refractivity contribution in [3.05, 3.63) is 229 Å². The number of aryl methyl sites for hydroxylation is 3. The summed E-state index contributed by atoms with van der Waals surface area (Å²) in [5.41, 5.74) is 7.93. The van der Waals surface area contributed by atoms with Crippen molar-refractivity contribution in [2.24, 2.45) is 29.6 Å². The number of aliphatic hydroxyl groups excluding tert-OH is 8. The second-order valence-electron chi connectivity index (χ2n) is 33.8. The summed E-state index contributed by atoms with van der Waals surface area (Å²) in [4.78, 5) is 0. The van der Waals surface area contributed by atoms with Crippen LogP contribution >= 0.6 is 15.9 Å². The average molecular weight is 2090 g/mol. The lowest BCUT2D eigenvalue weighted by Gasteiger charge is -2.16. The molecule has 0 radical (unpaired) electrons. The molecule has 0 bridgehead atoms. The summed E-state index contributed by atoms with van der Waals surface area (Å²) in [5.74, 6) is 1.91. The van der Waals surface area contributed by atoms with E-state index in [1.165, 1.54) is 91.5 Å². The van der Waals surface area contributed by atoms with Crippen LogP contribution in [0.2, 0.25) is 0 Å². The molecule has 0 aliphatic rings. The van der Waals surface area contributed by atoms with E-state index in [9.17, 15) is 115 Å². The minimum atomic E-state index is -0.805. The van der Waals surface area contributed by atoms with Crippen LogP contribution in [0.3, 0.4) is 0 Å². The third-order valence-electron chi connectivity index (χ3n) is 20.4. The summed E-state index contributed by atoms with van der Waals surface area (Å²) >= 11 is 3.41. The van der Waals surface area contributed by atoms with E-state index >= 15 is 0 Å². The fraction of sp³-hybridized carbons (Fsp3) is 0.486. The van der Waals surface area contributed by atoms with E-state index in [0.717, 1.165) is 46.5 Å². The van der Waals surface area contributed by atoms with Gasteiger partial charge >= 0.3 is 0 Å². The van der Waals surface area contributed by atoms with Gasteiger partial charge in [0.15, 0.2) is 46.0 Å². The molecule has 35 heteroatoms. The molecular formula is C107H148BrF10NO23. The van der Waals surface area contributed by atoms with E-state index in [0.29, 0.717) is 87.1 Å². The fourth-order valence-electron chi connectivity index (χ4n) is 12.6. The normalized spacial score (nSPS) is 12.4. The van der Waals surface area contributed by atoms with Gasteiger partial charge in [-0.3, -0.25) is 0 Å². The van der Waals surface area contributed by atoms with Gasteiger partial charge in [0.1, 0.15) is 152 Å². The van der Waals surface area contributed by atoms with Gasteiger partial charge in [-0.05, 0) is 264 Å². The number of alkyl halides is 8. The highest BCUT2D eigenvalue weighted by atomic mass is 79.9. The molecule has 0 amide bonds. The molecule has 0 aliphatic carbocycles. The van der Waals surface area contributed by atoms with Crippen LogP contribution in [0.25, 0.3) is 0 Å². The maximum atomic E-state index is 13.4. The lowest BCUT2D eigenvalue weighted by atomic mass is 9.98. The van der Waals surface area contributed by atoms with E-state index < -0.39 is 108 Å². The van der Waals surface area contributed by atoms with Crippen LogP contribution in [-0.2, 0) is 6.42 Å². The average Bonchev–Trinajstić information content (AvgIpc) is 0.824. The molecule has 9 aromatic rings. The van der Waals surface area contributed by atoms with Gasteiger partial charge in [0.05, 0.1) is 60.4 Å². The molecule has 0 spiro atoms. The van der Waals surface area contributed by atoms with E-state index in [1.54, 1.807) is 63.2 Å². The van der Waals surface area contributed by atoms with Crippen molar-refractivity contribution in [2.75, 3.05) is 113 Å². The quantitative estimate of drug-likeness (QED) is 0.0124. The SMILES string of the molecule is CC(=N)CCCc1ccc(OCCF)c(Br)c1.CC(C)[C@H](O)c1cc(O)cc(OCCF)c1.CC(C)[C@H](O)c1cc(O)cc(OCCF)c1.CC(C)[C@H](O)c1ccc(OCCF)c(O)c1.CC(C)[C@H](O)c1ccc(OCCF)c(O)c1.CC[C@H](O)c1cc(C)c(OCCF)c(OC)c1.CC[C@H](O)c1cc(O)c(OCCF)c(O)c1.CC[C@H](O)c1ccc(OCCF)cc1F.Cc1cc(C(O)C(C)C)ccc1F. The van der Waals surface area contributed by atoms with Crippen molar-refractivity contribution in [3.63, 3.8) is 0 Å². The molecule has 9 aromatic carbocycles. The van der Waals surface area contributed by atoms with E-state index in [-0.39, 0.29) is 151 Å². The van der Waals surface area contributed by atoms with Crippen molar-refractivity contribution >= 4 is 21.6 Å². The lowest BCUT2D eigenvalue weighted by molar-refractivity contribution is 0.126. The molecule has 0 saturated heterocycles. The first-order valence-electron chi connectivity index (χ1n) is 46.7. The van der Waals surface area contributed by atoms with Gasteiger partial charge < -0.3 is 120 Å². The highest BCUT2D eigenvalue weighted by Gasteiger charge is 2.23. The minimum absolute atomic E-state index is 0.00561. The zero-order valence-electron chi connectivity index (χ0n) is 84.1. The maximum absolute atomic E-state index is 13.4. The Labute approximate surface area is 837 Å².